The summed E-state index contributed by atoms with van der Waals surface area (Å²) in [6.45, 7) is 2.08. The van der Waals surface area contributed by atoms with Gasteiger partial charge in [-0.05, 0) is 61.0 Å². The van der Waals surface area contributed by atoms with Crippen molar-refractivity contribution >= 4 is 33.0 Å². The van der Waals surface area contributed by atoms with Gasteiger partial charge in [0.2, 0.25) is 5.91 Å². The van der Waals surface area contributed by atoms with Crippen LogP contribution in [0.25, 0.3) is 0 Å². The number of sulfonamides is 1. The minimum atomic E-state index is -3.93. The van der Waals surface area contributed by atoms with Gasteiger partial charge < -0.3 is 5.32 Å². The molecule has 8 heteroatoms. The van der Waals surface area contributed by atoms with E-state index in [0.717, 1.165) is 28.5 Å². The van der Waals surface area contributed by atoms with Crippen molar-refractivity contribution in [3.63, 3.8) is 0 Å². The first-order valence-electron chi connectivity index (χ1n) is 9.50. The number of benzene rings is 2. The predicted octanol–water partition coefficient (Wildman–Crippen LogP) is 4.14. The molecule has 5 nitrogen and oxygen atoms in total. The zero-order valence-electron chi connectivity index (χ0n) is 16.5. The molecular weight excluding hydrogens is 423 g/mol. The number of anilines is 1. The lowest BCUT2D eigenvalue weighted by Gasteiger charge is -2.23. The second-order valence-corrected chi connectivity index (χ2v) is 9.90. The van der Waals surface area contributed by atoms with E-state index in [1.54, 1.807) is 11.4 Å². The Morgan fingerprint density at radius 2 is 1.77 bits per heavy atom. The molecular formula is C22H23FN2O3S2. The highest BCUT2D eigenvalue weighted by Crippen LogP contribution is 2.26. The van der Waals surface area contributed by atoms with Crippen LogP contribution < -0.4 is 9.62 Å². The number of aryl methyl sites for hydroxylation is 2. The van der Waals surface area contributed by atoms with Crippen LogP contribution in [0.15, 0.2) is 70.3 Å². The van der Waals surface area contributed by atoms with E-state index in [-0.39, 0.29) is 16.4 Å². The molecule has 0 aliphatic rings. The van der Waals surface area contributed by atoms with Crippen LogP contribution in [0.5, 0.6) is 0 Å². The van der Waals surface area contributed by atoms with E-state index in [1.807, 2.05) is 19.1 Å². The molecule has 3 aromatic rings. The summed E-state index contributed by atoms with van der Waals surface area (Å²) in [7, 11) is -3.93. The van der Waals surface area contributed by atoms with E-state index in [4.69, 9.17) is 0 Å². The molecule has 1 aromatic heterocycles. The predicted molar refractivity (Wildman–Crippen MR) is 118 cm³/mol. The van der Waals surface area contributed by atoms with Crippen molar-refractivity contribution in [3.05, 3.63) is 83.0 Å². The first-order valence-corrected chi connectivity index (χ1v) is 11.8. The van der Waals surface area contributed by atoms with Gasteiger partial charge in [-0.3, -0.25) is 9.10 Å². The van der Waals surface area contributed by atoms with Crippen LogP contribution in [0.2, 0.25) is 0 Å². The smallest absolute Gasteiger partial charge is 0.274 e. The molecule has 1 N–H and O–H groups in total. The summed E-state index contributed by atoms with van der Waals surface area (Å²) < 4.78 is 40.5. The van der Waals surface area contributed by atoms with Gasteiger partial charge in [0.25, 0.3) is 10.0 Å². The number of hydrogen-bond donors (Lipinski definition) is 1. The van der Waals surface area contributed by atoms with Gasteiger partial charge in [-0.15, -0.1) is 11.3 Å². The third-order valence-corrected chi connectivity index (χ3v) is 7.67. The van der Waals surface area contributed by atoms with E-state index < -0.39 is 21.7 Å². The van der Waals surface area contributed by atoms with Gasteiger partial charge in [-0.1, -0.05) is 35.9 Å². The standard InChI is InChI=1S/C22H23FN2O3S2/c1-17-6-8-18(9-7-17)4-2-14-24-21(26)16-25(20-12-10-19(23)11-13-20)30(27,28)22-5-3-15-29-22/h3,5-13,15H,2,4,14,16H2,1H3,(H,24,26). The summed E-state index contributed by atoms with van der Waals surface area (Å²) in [5.74, 6) is -0.892. The number of rotatable bonds is 9. The first-order chi connectivity index (χ1) is 14.4. The molecule has 0 unspecified atom stereocenters. The summed E-state index contributed by atoms with van der Waals surface area (Å²) in [6.07, 6.45) is 1.55. The van der Waals surface area contributed by atoms with Crippen molar-refractivity contribution in [2.24, 2.45) is 0 Å². The number of nitrogens with zero attached hydrogens (tertiary/aromatic N) is 1. The molecule has 0 atom stereocenters. The second-order valence-electron chi connectivity index (χ2n) is 6.86. The highest BCUT2D eigenvalue weighted by molar-refractivity contribution is 7.94. The molecule has 0 bridgehead atoms. The minimum absolute atomic E-state index is 0.124. The number of carbonyl (C=O) groups is 1. The third-order valence-electron chi connectivity index (χ3n) is 4.53. The summed E-state index contributed by atoms with van der Waals surface area (Å²) in [4.78, 5) is 12.5. The van der Waals surface area contributed by atoms with Crippen molar-refractivity contribution in [1.29, 1.82) is 0 Å². The Hall–Kier alpha value is -2.71. The molecule has 0 spiro atoms. The van der Waals surface area contributed by atoms with E-state index in [9.17, 15) is 17.6 Å². The minimum Gasteiger partial charge on any atom is -0.355 e. The maximum atomic E-state index is 13.3. The number of thiophene rings is 1. The van der Waals surface area contributed by atoms with Gasteiger partial charge >= 0.3 is 0 Å². The summed E-state index contributed by atoms with van der Waals surface area (Å²) >= 11 is 1.07. The molecule has 158 valence electrons. The van der Waals surface area contributed by atoms with Crippen molar-refractivity contribution < 1.29 is 17.6 Å². The largest absolute Gasteiger partial charge is 0.355 e. The van der Waals surface area contributed by atoms with E-state index in [2.05, 4.69) is 17.4 Å². The molecule has 1 amide bonds. The van der Waals surface area contributed by atoms with E-state index >= 15 is 0 Å². The normalized spacial score (nSPS) is 11.3. The Balaban J connectivity index is 1.64. The van der Waals surface area contributed by atoms with Gasteiger partial charge in [0.05, 0.1) is 5.69 Å². The average molecular weight is 447 g/mol. The SMILES string of the molecule is Cc1ccc(CCCNC(=O)CN(c2ccc(F)cc2)S(=O)(=O)c2cccs2)cc1. The zero-order chi connectivity index (χ0) is 21.6. The fourth-order valence-corrected chi connectivity index (χ4v) is 5.43. The van der Waals surface area contributed by atoms with Crippen LogP contribution in [0.3, 0.4) is 0 Å². The van der Waals surface area contributed by atoms with E-state index in [0.29, 0.717) is 6.54 Å². The number of hydrogen-bond acceptors (Lipinski definition) is 4. The number of halogens is 1. The fraction of sp³-hybridized carbons (Fsp3) is 0.227. The third kappa shape index (κ3) is 5.67. The molecule has 0 aliphatic heterocycles. The lowest BCUT2D eigenvalue weighted by atomic mass is 10.1. The van der Waals surface area contributed by atoms with Crippen molar-refractivity contribution in [1.82, 2.24) is 5.32 Å². The molecule has 3 rings (SSSR count). The second kappa shape index (κ2) is 9.86. The number of amides is 1. The summed E-state index contributed by atoms with van der Waals surface area (Å²) in [5.41, 5.74) is 2.61. The van der Waals surface area contributed by atoms with Gasteiger partial charge in [0, 0.05) is 6.54 Å². The highest BCUT2D eigenvalue weighted by Gasteiger charge is 2.28. The molecule has 0 radical (unpaired) electrons. The molecule has 0 saturated carbocycles. The number of carbonyl (C=O) groups excluding carboxylic acids is 1. The van der Waals surface area contributed by atoms with Gasteiger partial charge in [0.15, 0.2) is 0 Å². The van der Waals surface area contributed by atoms with Crippen LogP contribution in [-0.4, -0.2) is 27.4 Å². The van der Waals surface area contributed by atoms with Crippen molar-refractivity contribution in [2.75, 3.05) is 17.4 Å². The van der Waals surface area contributed by atoms with Crippen molar-refractivity contribution in [2.45, 2.75) is 24.0 Å². The maximum absolute atomic E-state index is 13.3. The Bertz CT molecular complexity index is 1060. The highest BCUT2D eigenvalue weighted by atomic mass is 32.2. The quantitative estimate of drug-likeness (QED) is 0.503. The van der Waals surface area contributed by atoms with Crippen LogP contribution in [0, 0.1) is 12.7 Å². The average Bonchev–Trinajstić information content (AvgIpc) is 3.27. The molecule has 30 heavy (non-hydrogen) atoms. The molecule has 2 aromatic carbocycles. The first kappa shape index (κ1) is 22.0. The fourth-order valence-electron chi connectivity index (χ4n) is 2.90. The monoisotopic (exact) mass is 446 g/mol. The Kier molecular flexibility index (Phi) is 7.23. The molecule has 0 aliphatic carbocycles. The molecule has 0 saturated heterocycles. The maximum Gasteiger partial charge on any atom is 0.274 e. The zero-order valence-corrected chi connectivity index (χ0v) is 18.2. The van der Waals surface area contributed by atoms with Crippen molar-refractivity contribution in [3.8, 4) is 0 Å². The van der Waals surface area contributed by atoms with Gasteiger partial charge in [-0.2, -0.15) is 0 Å². The summed E-state index contributed by atoms with van der Waals surface area (Å²) in [5, 5.41) is 4.43. The van der Waals surface area contributed by atoms with Crippen LogP contribution >= 0.6 is 11.3 Å². The van der Waals surface area contributed by atoms with E-state index in [1.165, 1.54) is 41.5 Å². The Labute approximate surface area is 180 Å². The van der Waals surface area contributed by atoms with Crippen LogP contribution in [0.1, 0.15) is 17.5 Å². The summed E-state index contributed by atoms with van der Waals surface area (Å²) in [6, 6.07) is 16.4. The van der Waals surface area contributed by atoms with Gasteiger partial charge in [-0.25, -0.2) is 12.8 Å². The van der Waals surface area contributed by atoms with Crippen LogP contribution in [0.4, 0.5) is 10.1 Å². The van der Waals surface area contributed by atoms with Gasteiger partial charge in [0.1, 0.15) is 16.6 Å². The Morgan fingerprint density at radius 1 is 1.07 bits per heavy atom. The Morgan fingerprint density at radius 3 is 2.40 bits per heavy atom. The van der Waals surface area contributed by atoms with Crippen LogP contribution in [-0.2, 0) is 21.2 Å². The lowest BCUT2D eigenvalue weighted by Crippen LogP contribution is -2.41. The molecule has 1 heterocycles. The topological polar surface area (TPSA) is 66.5 Å². The lowest BCUT2D eigenvalue weighted by molar-refractivity contribution is -0.119. The number of nitrogens with one attached hydrogen (secondary N) is 1. The molecule has 0 fully saturated rings.